The molecule has 3 unspecified atom stereocenters. The molecule has 3 aliphatic rings. The molecule has 2 heterocycles. The molecule has 17 heavy (non-hydrogen) atoms. The zero-order chi connectivity index (χ0) is 11.7. The zero-order valence-electron chi connectivity index (χ0n) is 10.5. The van der Waals surface area contributed by atoms with Crippen molar-refractivity contribution < 1.29 is 0 Å². The lowest BCUT2D eigenvalue weighted by Crippen LogP contribution is -2.57. The topological polar surface area (TPSA) is 46.6 Å². The van der Waals surface area contributed by atoms with Crippen molar-refractivity contribution in [3.63, 3.8) is 0 Å². The van der Waals surface area contributed by atoms with E-state index in [0.717, 1.165) is 26.1 Å². The first-order valence-electron chi connectivity index (χ1n) is 6.91. The third-order valence-electron chi connectivity index (χ3n) is 4.34. The highest BCUT2D eigenvalue weighted by Crippen LogP contribution is 2.20. The molecule has 1 radical (unpaired) electrons. The molecule has 4 heteroatoms. The largest absolute Gasteiger partial charge is 0.325 e. The van der Waals surface area contributed by atoms with E-state index in [-0.39, 0.29) is 6.04 Å². The molecule has 95 valence electrons. The highest BCUT2D eigenvalue weighted by Gasteiger charge is 2.33. The van der Waals surface area contributed by atoms with Crippen LogP contribution in [0.5, 0.6) is 0 Å². The van der Waals surface area contributed by atoms with Crippen molar-refractivity contribution >= 4 is 0 Å². The van der Waals surface area contributed by atoms with Gasteiger partial charge in [-0.3, -0.25) is 9.80 Å². The van der Waals surface area contributed by atoms with Crippen LogP contribution >= 0.6 is 0 Å². The van der Waals surface area contributed by atoms with Crippen LogP contribution in [0.1, 0.15) is 19.3 Å². The van der Waals surface area contributed by atoms with E-state index in [2.05, 4.69) is 27.3 Å². The van der Waals surface area contributed by atoms with Gasteiger partial charge in [-0.05, 0) is 19.3 Å². The van der Waals surface area contributed by atoms with E-state index in [9.17, 15) is 0 Å². The predicted octanol–water partition coefficient (Wildman–Crippen LogP) is -0.0159. The van der Waals surface area contributed by atoms with Gasteiger partial charge in [0.05, 0.1) is 6.17 Å². The molecule has 0 saturated carbocycles. The summed E-state index contributed by atoms with van der Waals surface area (Å²) in [5.41, 5.74) is 6.11. The fraction of sp³-hybridized carbons (Fsp3) is 0.846. The molecule has 3 rings (SSSR count). The minimum Gasteiger partial charge on any atom is -0.325 e. The van der Waals surface area contributed by atoms with Gasteiger partial charge in [-0.1, -0.05) is 12.2 Å². The van der Waals surface area contributed by atoms with Crippen LogP contribution in [0, 0.1) is 0 Å². The number of nitrogens with two attached hydrogens (primary N) is 1. The van der Waals surface area contributed by atoms with Crippen LogP contribution in [-0.2, 0) is 0 Å². The average Bonchev–Trinajstić information content (AvgIpc) is 3.00. The molecule has 3 atom stereocenters. The second kappa shape index (κ2) is 5.06. The van der Waals surface area contributed by atoms with Crippen LogP contribution in [0.3, 0.4) is 0 Å². The monoisotopic (exact) mass is 235 g/mol. The van der Waals surface area contributed by atoms with E-state index in [1.54, 1.807) is 0 Å². The van der Waals surface area contributed by atoms with E-state index < -0.39 is 0 Å². The van der Waals surface area contributed by atoms with Crippen molar-refractivity contribution in [1.82, 2.24) is 15.1 Å². The SMILES string of the molecule is NC1CC[N]C1N1CCN(C2C=CCC2)CC1. The van der Waals surface area contributed by atoms with E-state index >= 15 is 0 Å². The first-order valence-corrected chi connectivity index (χ1v) is 6.91. The van der Waals surface area contributed by atoms with Crippen LogP contribution in [-0.4, -0.2) is 60.8 Å². The normalized spacial score (nSPS) is 40.2. The van der Waals surface area contributed by atoms with E-state index in [1.165, 1.54) is 25.9 Å². The summed E-state index contributed by atoms with van der Waals surface area (Å²) in [5, 5.41) is 4.63. The molecule has 0 spiro atoms. The summed E-state index contributed by atoms with van der Waals surface area (Å²) in [6.45, 7) is 5.57. The highest BCUT2D eigenvalue weighted by molar-refractivity contribution is 5.03. The van der Waals surface area contributed by atoms with Crippen molar-refractivity contribution in [2.24, 2.45) is 5.73 Å². The summed E-state index contributed by atoms with van der Waals surface area (Å²) < 4.78 is 0. The Bertz CT molecular complexity index is 283. The minimum atomic E-state index is 0.271. The number of hydrogen-bond donors (Lipinski definition) is 1. The van der Waals surface area contributed by atoms with Crippen molar-refractivity contribution in [3.05, 3.63) is 12.2 Å². The molecule has 2 aliphatic heterocycles. The summed E-state index contributed by atoms with van der Waals surface area (Å²) in [4.78, 5) is 5.09. The molecule has 4 nitrogen and oxygen atoms in total. The lowest BCUT2D eigenvalue weighted by molar-refractivity contribution is 0.0686. The van der Waals surface area contributed by atoms with Crippen LogP contribution in [0.15, 0.2) is 12.2 Å². The van der Waals surface area contributed by atoms with Crippen LogP contribution in [0.25, 0.3) is 0 Å². The Morgan fingerprint density at radius 3 is 2.41 bits per heavy atom. The van der Waals surface area contributed by atoms with Crippen LogP contribution < -0.4 is 11.1 Å². The van der Waals surface area contributed by atoms with Gasteiger partial charge in [-0.25, -0.2) is 5.32 Å². The maximum Gasteiger partial charge on any atom is 0.0915 e. The summed E-state index contributed by atoms with van der Waals surface area (Å²) in [6, 6.07) is 0.972. The molecule has 2 fully saturated rings. The molecule has 0 aromatic heterocycles. The summed E-state index contributed by atoms with van der Waals surface area (Å²) >= 11 is 0. The minimum absolute atomic E-state index is 0.271. The fourth-order valence-electron chi connectivity index (χ4n) is 3.28. The third kappa shape index (κ3) is 2.40. The van der Waals surface area contributed by atoms with Gasteiger partial charge in [0, 0.05) is 44.8 Å². The smallest absolute Gasteiger partial charge is 0.0915 e. The van der Waals surface area contributed by atoms with E-state index in [4.69, 9.17) is 5.73 Å². The Labute approximate surface area is 104 Å². The maximum absolute atomic E-state index is 6.11. The molecular formula is C13H23N4. The summed E-state index contributed by atoms with van der Waals surface area (Å²) in [6.07, 6.45) is 8.63. The quantitative estimate of drug-likeness (QED) is 0.685. The molecule has 1 aliphatic carbocycles. The zero-order valence-corrected chi connectivity index (χ0v) is 10.5. The molecule has 0 aromatic carbocycles. The number of nitrogens with zero attached hydrogens (tertiary/aromatic N) is 3. The number of allylic oxidation sites excluding steroid dienone is 1. The van der Waals surface area contributed by atoms with Gasteiger partial charge in [-0.2, -0.15) is 0 Å². The maximum atomic E-state index is 6.11. The van der Waals surface area contributed by atoms with Gasteiger partial charge in [0.15, 0.2) is 0 Å². The second-order valence-corrected chi connectivity index (χ2v) is 5.42. The average molecular weight is 235 g/mol. The summed E-state index contributed by atoms with van der Waals surface area (Å²) in [5.74, 6) is 0. The molecule has 2 N–H and O–H groups in total. The number of rotatable bonds is 2. The number of hydrogen-bond acceptors (Lipinski definition) is 3. The predicted molar refractivity (Wildman–Crippen MR) is 68.7 cm³/mol. The first kappa shape index (κ1) is 11.7. The van der Waals surface area contributed by atoms with E-state index in [0.29, 0.717) is 12.2 Å². The summed E-state index contributed by atoms with van der Waals surface area (Å²) in [7, 11) is 0. The Morgan fingerprint density at radius 2 is 1.82 bits per heavy atom. The number of piperazine rings is 1. The fourth-order valence-corrected chi connectivity index (χ4v) is 3.28. The standard InChI is InChI=1S/C13H23N4/c14-12-5-6-15-13(12)17-9-7-16(8-10-17)11-3-1-2-4-11/h1,3,11-13H,2,4-10,14H2. The Kier molecular flexibility index (Phi) is 3.47. The van der Waals surface area contributed by atoms with Crippen molar-refractivity contribution in [3.8, 4) is 0 Å². The van der Waals surface area contributed by atoms with Gasteiger partial charge >= 0.3 is 0 Å². The lowest BCUT2D eigenvalue weighted by Gasteiger charge is -2.40. The van der Waals surface area contributed by atoms with Gasteiger partial charge in [-0.15, -0.1) is 0 Å². The van der Waals surface area contributed by atoms with Crippen molar-refractivity contribution in [1.29, 1.82) is 0 Å². The lowest BCUT2D eigenvalue weighted by atomic mass is 10.1. The Morgan fingerprint density at radius 1 is 1.06 bits per heavy atom. The van der Waals surface area contributed by atoms with Crippen molar-refractivity contribution in [2.45, 2.75) is 37.5 Å². The second-order valence-electron chi connectivity index (χ2n) is 5.42. The van der Waals surface area contributed by atoms with Gasteiger partial charge in [0.1, 0.15) is 0 Å². The highest BCUT2D eigenvalue weighted by atomic mass is 15.4. The van der Waals surface area contributed by atoms with Gasteiger partial charge < -0.3 is 5.73 Å². The first-order chi connectivity index (χ1) is 8.34. The van der Waals surface area contributed by atoms with Crippen molar-refractivity contribution in [2.75, 3.05) is 32.7 Å². The molecule has 0 aromatic rings. The molecule has 2 saturated heterocycles. The molecule has 0 bridgehead atoms. The van der Waals surface area contributed by atoms with Crippen LogP contribution in [0.2, 0.25) is 0 Å². The van der Waals surface area contributed by atoms with E-state index in [1.807, 2.05) is 0 Å². The molecular weight excluding hydrogens is 212 g/mol. The Hall–Kier alpha value is -0.420. The Balaban J connectivity index is 1.51. The van der Waals surface area contributed by atoms with Crippen LogP contribution in [0.4, 0.5) is 0 Å². The third-order valence-corrected chi connectivity index (χ3v) is 4.34. The molecule has 0 amide bonds. The van der Waals surface area contributed by atoms with Gasteiger partial charge in [0.25, 0.3) is 0 Å². The van der Waals surface area contributed by atoms with Gasteiger partial charge in [0.2, 0.25) is 0 Å².